The molecule has 44 unspecified atom stereocenters. The third kappa shape index (κ3) is 51.3. The third-order valence-corrected chi connectivity index (χ3v) is 27.7. The van der Waals surface area contributed by atoms with Gasteiger partial charge < -0.3 is 198 Å². The minimum Gasteiger partial charge on any atom is -0.393 e. The Kier molecular flexibility index (Phi) is 66.6. The van der Waals surface area contributed by atoms with Crippen molar-refractivity contribution in [3.8, 4) is 0 Å². The first-order valence-corrected chi connectivity index (χ1v) is 52.5. The molecule has 0 aliphatic carbocycles. The van der Waals surface area contributed by atoms with Crippen molar-refractivity contribution in [2.24, 2.45) is 11.8 Å². The topological polar surface area (TPSA) is 820 Å². The lowest BCUT2D eigenvalue weighted by molar-refractivity contribution is -0.234. The molecule has 3 rings (SSSR count). The number of unbranched alkanes of at least 4 members (excludes halogenated alkanes) is 3. The Morgan fingerprint density at radius 3 is 1.18 bits per heavy atom. The van der Waals surface area contributed by atoms with Crippen LogP contribution in [0.3, 0.4) is 0 Å². The number of hydrogen-bond donors (Lipinski definition) is 37. The fraction of sp³-hybridized carbons (Fsp3) is 0.750. The molecule has 0 saturated carbocycles. The summed E-state index contributed by atoms with van der Waals surface area (Å²) in [5.41, 5.74) is 0.655. The fourth-order valence-electron chi connectivity index (χ4n) is 17.3. The first-order valence-electron chi connectivity index (χ1n) is 51.2. The van der Waals surface area contributed by atoms with Gasteiger partial charge in [0, 0.05) is 50.4 Å². The van der Waals surface area contributed by atoms with Crippen molar-refractivity contribution in [2.45, 2.75) is 470 Å². The second kappa shape index (κ2) is 72.0. The standard InChI is InChI=1S/C104H178O43S/c1-8-9-26-63(105)28-14-15-29-65(107)31-19-23-39-75(117)95(134)102-100(139)84(126)56-87(147-102)101(140)89(128)60(5)43-47-72(114)86-55-83(125)99(138)104(146-86)97(136)78(120)50-58(3)41-45-69(111)52-80(122)93(132)62(7)91(130)74(116)38-22-18-33-67(109)35-25-34-66(108)32-16-20-36-70(112)76(118)53-81(123)94(133)88(127)59(4)42-46-71(113)85-54-82(124)98(137)103(145-85)96(135)77(119)49-57(2)40-44-68(110)51-79(121)92(131)61(6)90(129)73(115)37-21-17-30-64(106)27-13-11-10-12-24-48-144-148(141,142)143/h8,13-15,17-18,20-23,25,27-29,35-36,39,49-50,61-140H,1,4-5,9-12,16,19,24,26,30-34,37-38,40-48,51-56H2,2-3,6-7H3,(H,141,142,143). The lowest BCUT2D eigenvalue weighted by Gasteiger charge is -2.42. The molecule has 858 valence electrons. The molecule has 3 fully saturated rings. The predicted octanol–water partition coefficient (Wildman–Crippen LogP) is -3.67. The molecule has 0 bridgehead atoms. The maximum absolute atomic E-state index is 11.2. The summed E-state index contributed by atoms with van der Waals surface area (Å²) in [5, 5.41) is 389. The first-order chi connectivity index (χ1) is 69.4. The Morgan fingerprint density at radius 1 is 0.351 bits per heavy atom. The number of rotatable bonds is 76. The van der Waals surface area contributed by atoms with E-state index in [-0.39, 0.29) is 146 Å². The molecule has 0 aromatic carbocycles. The van der Waals surface area contributed by atoms with Crippen LogP contribution in [0.2, 0.25) is 0 Å². The molecule has 43 nitrogen and oxygen atoms in total. The van der Waals surface area contributed by atoms with E-state index in [1.165, 1.54) is 93.7 Å². The van der Waals surface area contributed by atoms with Gasteiger partial charge in [-0.25, -0.2) is 4.18 Å². The van der Waals surface area contributed by atoms with Crippen molar-refractivity contribution >= 4 is 10.4 Å². The van der Waals surface area contributed by atoms with Crippen LogP contribution in [0.15, 0.2) is 157 Å². The number of aliphatic hydroxyl groups is 36. The zero-order valence-electron chi connectivity index (χ0n) is 85.1. The SMILES string of the molecule is C=CCCC(O)C=CC=CC(O)CCC=CC(O)C(O)C1OC(C(O)C(O)C(=C)CCC(O)C2CC(O)C(O)C(C(O)C(O)C=C(C)CCC(O)CC(O)C(O)C(C)C(O)C(O)CC=CCC(O)C=CCC(O)CCC=CC(O)C(O)CC(O)C(O)C(O)C(=C)CCC(O)C3CC(O)C(O)C(C(O)C(O)C=C(C)CCC(O)CC(O)C(O)C(C)C(O)C(O)CC=CCC(O)C=CCCCCCOS(=O)(=O)O)O3)O2)CC(O)C1O. The molecule has 3 heterocycles. The molecule has 0 spiro atoms. The van der Waals surface area contributed by atoms with E-state index >= 15 is 0 Å². The molecule has 44 heteroatoms. The number of ether oxygens (including phenoxy) is 3. The van der Waals surface area contributed by atoms with Gasteiger partial charge in [-0.2, -0.15) is 8.42 Å². The first kappa shape index (κ1) is 137. The van der Waals surface area contributed by atoms with Crippen LogP contribution < -0.4 is 0 Å². The van der Waals surface area contributed by atoms with Gasteiger partial charge in [-0.05, 0) is 166 Å². The maximum Gasteiger partial charge on any atom is 0.397 e. The average Bonchev–Trinajstić information content (AvgIpc) is 0.829. The van der Waals surface area contributed by atoms with Gasteiger partial charge in [-0.3, -0.25) is 4.55 Å². The molecule has 148 heavy (non-hydrogen) atoms. The largest absolute Gasteiger partial charge is 0.397 e. The van der Waals surface area contributed by atoms with E-state index < -0.39 is 298 Å². The van der Waals surface area contributed by atoms with Crippen LogP contribution in [-0.2, 0) is 28.8 Å². The Labute approximate surface area is 867 Å². The molecular weight excluding hydrogens is 1970 g/mol. The van der Waals surface area contributed by atoms with Crippen LogP contribution in [0, 0.1) is 11.8 Å². The van der Waals surface area contributed by atoms with Gasteiger partial charge in [0.25, 0.3) is 0 Å². The molecule has 0 aromatic heterocycles. The van der Waals surface area contributed by atoms with Gasteiger partial charge in [-0.15, -0.1) is 6.58 Å². The lowest BCUT2D eigenvalue weighted by Crippen LogP contribution is -2.59. The highest BCUT2D eigenvalue weighted by molar-refractivity contribution is 7.80. The molecule has 0 aromatic rings. The third-order valence-electron chi connectivity index (χ3n) is 27.2. The maximum atomic E-state index is 11.2. The Balaban J connectivity index is 1.35. The summed E-state index contributed by atoms with van der Waals surface area (Å²) in [6.07, 6.45) is -35.3. The highest BCUT2D eigenvalue weighted by Crippen LogP contribution is 2.35. The van der Waals surface area contributed by atoms with E-state index in [1.807, 2.05) is 0 Å². The van der Waals surface area contributed by atoms with Gasteiger partial charge in [0.2, 0.25) is 0 Å². The smallest absolute Gasteiger partial charge is 0.393 e. The molecular formula is C104H178O43S. The van der Waals surface area contributed by atoms with Crippen LogP contribution in [-0.4, -0.2) is 460 Å². The van der Waals surface area contributed by atoms with Crippen LogP contribution >= 0.6 is 0 Å². The van der Waals surface area contributed by atoms with E-state index in [4.69, 9.17) is 18.8 Å². The second-order valence-corrected chi connectivity index (χ2v) is 41.1. The summed E-state index contributed by atoms with van der Waals surface area (Å²) in [4.78, 5) is 0. The van der Waals surface area contributed by atoms with E-state index in [9.17, 15) is 192 Å². The van der Waals surface area contributed by atoms with Gasteiger partial charge >= 0.3 is 10.4 Å². The highest BCUT2D eigenvalue weighted by atomic mass is 32.3. The summed E-state index contributed by atoms with van der Waals surface area (Å²) in [5.74, 6) is -2.20. The van der Waals surface area contributed by atoms with Gasteiger partial charge in [0.15, 0.2) is 0 Å². The zero-order chi connectivity index (χ0) is 112. The summed E-state index contributed by atoms with van der Waals surface area (Å²) in [6.45, 7) is 16.8. The molecule has 37 N–H and O–H groups in total. The minimum atomic E-state index is -4.48. The van der Waals surface area contributed by atoms with Crippen LogP contribution in [0.4, 0.5) is 0 Å². The van der Waals surface area contributed by atoms with Crippen LogP contribution in [0.5, 0.6) is 0 Å². The number of aliphatic hydroxyl groups excluding tert-OH is 36. The van der Waals surface area contributed by atoms with E-state index in [1.54, 1.807) is 49.5 Å². The normalized spacial score (nSPS) is 27.6. The van der Waals surface area contributed by atoms with Crippen molar-refractivity contribution in [1.29, 1.82) is 0 Å². The second-order valence-electron chi connectivity index (χ2n) is 40.0. The summed E-state index contributed by atoms with van der Waals surface area (Å²) in [6, 6.07) is 0. The van der Waals surface area contributed by atoms with Gasteiger partial charge in [0.05, 0.1) is 165 Å². The van der Waals surface area contributed by atoms with Crippen molar-refractivity contribution in [3.63, 3.8) is 0 Å². The van der Waals surface area contributed by atoms with Gasteiger partial charge in [0.1, 0.15) is 97.7 Å². The molecule has 0 radical (unpaired) electrons. The summed E-state index contributed by atoms with van der Waals surface area (Å²) < 4.78 is 51.4. The lowest BCUT2D eigenvalue weighted by atomic mass is 9.86. The predicted molar refractivity (Wildman–Crippen MR) is 541 cm³/mol. The molecule has 3 aliphatic heterocycles. The van der Waals surface area contributed by atoms with Gasteiger partial charge in [-0.1, -0.05) is 160 Å². The van der Waals surface area contributed by atoms with Crippen molar-refractivity contribution in [2.75, 3.05) is 6.61 Å². The molecule has 3 aliphatic rings. The highest BCUT2D eigenvalue weighted by Gasteiger charge is 2.49. The number of allylic oxidation sites excluding steroid dienone is 8. The van der Waals surface area contributed by atoms with E-state index in [2.05, 4.69) is 23.9 Å². The average molecular weight is 2150 g/mol. The monoisotopic (exact) mass is 2150 g/mol. The van der Waals surface area contributed by atoms with Crippen LogP contribution in [0.25, 0.3) is 0 Å². The number of hydrogen-bond acceptors (Lipinski definition) is 42. The minimum absolute atomic E-state index is 0.0226. The molecule has 44 atom stereocenters. The van der Waals surface area contributed by atoms with E-state index in [0.29, 0.717) is 49.7 Å². The molecule has 3 saturated heterocycles. The van der Waals surface area contributed by atoms with Crippen molar-refractivity contribution in [3.05, 3.63) is 157 Å². The quantitative estimate of drug-likeness (QED) is 0.0121. The molecule has 0 amide bonds. The zero-order valence-corrected chi connectivity index (χ0v) is 85.9. The van der Waals surface area contributed by atoms with Crippen LogP contribution in [0.1, 0.15) is 214 Å². The van der Waals surface area contributed by atoms with Crippen molar-refractivity contribution in [1.82, 2.24) is 0 Å². The fourth-order valence-corrected chi connectivity index (χ4v) is 17.6. The summed E-state index contributed by atoms with van der Waals surface area (Å²) in [7, 11) is -4.48. The Morgan fingerprint density at radius 2 is 0.730 bits per heavy atom. The van der Waals surface area contributed by atoms with Crippen molar-refractivity contribution < 1.29 is 215 Å². The summed E-state index contributed by atoms with van der Waals surface area (Å²) >= 11 is 0. The Hall–Kier alpha value is -5.07. The van der Waals surface area contributed by atoms with E-state index in [0.717, 1.165) is 0 Å². The Bertz CT molecular complexity index is 4080.